The number of hydrogen-bond acceptors (Lipinski definition) is 10. The maximum Gasteiger partial charge on any atom is 0.119 e. The molecule has 6 aliphatic carbocycles. The minimum atomic E-state index is 0.311. The van der Waals surface area contributed by atoms with Gasteiger partial charge in [0.05, 0.1) is 77.3 Å². The Morgan fingerprint density at radius 2 is 0.605 bits per heavy atom. The van der Waals surface area contributed by atoms with Gasteiger partial charge in [-0.15, -0.1) is 0 Å². The number of benzene rings is 9. The molecule has 6 fully saturated rings. The van der Waals surface area contributed by atoms with Gasteiger partial charge in [0.1, 0.15) is 29.6 Å². The average Bonchev–Trinajstić information content (AvgIpc) is 1.89. The highest BCUT2D eigenvalue weighted by atomic mass is 16.5. The van der Waals surface area contributed by atoms with Crippen molar-refractivity contribution >= 4 is 0 Å². The molecule has 15 rings (SSSR count). The molecule has 6 aliphatic rings. The summed E-state index contributed by atoms with van der Waals surface area (Å²) in [6.07, 6.45) is 32.6. The largest absolute Gasteiger partial charge is 0.493 e. The highest BCUT2D eigenvalue weighted by Gasteiger charge is 2.23. The van der Waals surface area contributed by atoms with Crippen molar-refractivity contribution in [2.24, 2.45) is 17.8 Å². The Labute approximate surface area is 721 Å². The number of hydrogen-bond donors (Lipinski definition) is 0. The SMILES string of the molecule is CCOCCOc1ccc(C)cc1.CCOCc1ccc(C)cc1.Cc1ccc(COC(C)C)cc1.Cc1ccc(COC2CC2)cc1.Cc1ccc(COC2CCCCC2)cc1.Cc1ccc(COCCC2CCCC2)cc1.Cc1ccc(OCC2CC2)cc1.Cc1ccc(OCC2CCCC2)cc1.Cc1cccc(OC2CCCCC2)c1. The van der Waals surface area contributed by atoms with Gasteiger partial charge in [-0.3, -0.25) is 0 Å². The zero-order chi connectivity index (χ0) is 84.7. The van der Waals surface area contributed by atoms with E-state index in [0.29, 0.717) is 37.6 Å². The minimum absolute atomic E-state index is 0.311. The summed E-state index contributed by atoms with van der Waals surface area (Å²) in [5.74, 6) is 6.55. The van der Waals surface area contributed by atoms with Gasteiger partial charge in [0.2, 0.25) is 0 Å². The van der Waals surface area contributed by atoms with Crippen molar-refractivity contribution < 1.29 is 47.4 Å². The van der Waals surface area contributed by atoms with E-state index >= 15 is 0 Å². The summed E-state index contributed by atoms with van der Waals surface area (Å²) in [7, 11) is 0. The highest BCUT2D eigenvalue weighted by molar-refractivity contribution is 5.31. The molecule has 0 spiro atoms. The van der Waals surface area contributed by atoms with E-state index < -0.39 is 0 Å². The predicted octanol–water partition coefficient (Wildman–Crippen LogP) is 28.5. The van der Waals surface area contributed by atoms with E-state index in [1.807, 2.05) is 64.1 Å². The predicted molar refractivity (Wildman–Crippen MR) is 497 cm³/mol. The van der Waals surface area contributed by atoms with E-state index in [1.54, 1.807) is 0 Å². The van der Waals surface area contributed by atoms with Crippen LogP contribution in [0.5, 0.6) is 23.0 Å². The molecule has 10 heteroatoms. The summed E-state index contributed by atoms with van der Waals surface area (Å²) in [5.41, 5.74) is 18.0. The average molecular weight is 1620 g/mol. The van der Waals surface area contributed by atoms with Crippen LogP contribution in [0.4, 0.5) is 0 Å². The fourth-order valence-electron chi connectivity index (χ4n) is 13.8. The van der Waals surface area contributed by atoms with Crippen LogP contribution in [-0.2, 0) is 61.5 Å². The van der Waals surface area contributed by atoms with Gasteiger partial charge in [-0.25, -0.2) is 0 Å². The smallest absolute Gasteiger partial charge is 0.119 e. The Balaban J connectivity index is 0.000000185. The van der Waals surface area contributed by atoms with E-state index in [-0.39, 0.29) is 0 Å². The Kier molecular flexibility index (Phi) is 49.1. The van der Waals surface area contributed by atoms with Gasteiger partial charge < -0.3 is 47.4 Å². The van der Waals surface area contributed by atoms with Crippen LogP contribution in [0.15, 0.2) is 218 Å². The van der Waals surface area contributed by atoms with Crippen LogP contribution in [0.3, 0.4) is 0 Å². The molecule has 10 nitrogen and oxygen atoms in total. The molecule has 9 aromatic carbocycles. The van der Waals surface area contributed by atoms with E-state index in [9.17, 15) is 0 Å². The zero-order valence-corrected chi connectivity index (χ0v) is 75.7. The van der Waals surface area contributed by atoms with E-state index in [1.165, 1.54) is 226 Å². The third kappa shape index (κ3) is 47.7. The van der Waals surface area contributed by atoms with Crippen LogP contribution in [0.1, 0.15) is 253 Å². The maximum atomic E-state index is 5.94. The number of aryl methyl sites for hydroxylation is 9. The second-order valence-electron chi connectivity index (χ2n) is 33.9. The van der Waals surface area contributed by atoms with Gasteiger partial charge >= 0.3 is 0 Å². The lowest BCUT2D eigenvalue weighted by molar-refractivity contribution is 0.0168. The Hall–Kier alpha value is -8.06. The maximum absolute atomic E-state index is 5.94. The Bertz CT molecular complexity index is 3810. The van der Waals surface area contributed by atoms with Gasteiger partial charge in [0.25, 0.3) is 0 Å². The summed E-state index contributed by atoms with van der Waals surface area (Å²) < 4.78 is 55.8. The third-order valence-corrected chi connectivity index (χ3v) is 21.9. The molecule has 648 valence electrons. The van der Waals surface area contributed by atoms with E-state index in [0.717, 1.165) is 107 Å². The normalized spacial score (nSPS) is 15.0. The van der Waals surface area contributed by atoms with Crippen molar-refractivity contribution in [3.8, 4) is 23.0 Å². The molecule has 0 radical (unpaired) electrons. The molecule has 0 bridgehead atoms. The molecule has 119 heavy (non-hydrogen) atoms. The first kappa shape index (κ1) is 98.1. The summed E-state index contributed by atoms with van der Waals surface area (Å²) >= 11 is 0. The molecule has 6 saturated carbocycles. The molecule has 9 aromatic rings. The molecule has 0 aromatic heterocycles. The van der Waals surface area contributed by atoms with Gasteiger partial charge in [0, 0.05) is 19.8 Å². The van der Waals surface area contributed by atoms with Crippen molar-refractivity contribution in [3.63, 3.8) is 0 Å². The molecule has 0 heterocycles. The van der Waals surface area contributed by atoms with Gasteiger partial charge in [-0.05, 0) is 273 Å². The second kappa shape index (κ2) is 59.6. The van der Waals surface area contributed by atoms with Crippen molar-refractivity contribution in [2.75, 3.05) is 46.2 Å². The molecule has 0 saturated heterocycles. The fraction of sp³-hybridized carbons (Fsp3) is 0.505. The summed E-state index contributed by atoms with van der Waals surface area (Å²) in [4.78, 5) is 0. The second-order valence-corrected chi connectivity index (χ2v) is 33.9. The Morgan fingerprint density at radius 1 is 0.269 bits per heavy atom. The van der Waals surface area contributed by atoms with Crippen LogP contribution in [0.2, 0.25) is 0 Å². The minimum Gasteiger partial charge on any atom is -0.493 e. The van der Waals surface area contributed by atoms with E-state index in [2.05, 4.69) is 244 Å². The molecular weight excluding hydrogens is 1470 g/mol. The van der Waals surface area contributed by atoms with Crippen molar-refractivity contribution in [3.05, 3.63) is 296 Å². The lowest BCUT2D eigenvalue weighted by Crippen LogP contribution is -2.19. The molecule has 0 atom stereocenters. The van der Waals surface area contributed by atoms with Crippen LogP contribution >= 0.6 is 0 Å². The summed E-state index contributed by atoms with van der Waals surface area (Å²) in [5, 5.41) is 0. The number of rotatable bonds is 30. The van der Waals surface area contributed by atoms with Gasteiger partial charge in [0.15, 0.2) is 0 Å². The molecular formula is C109H152O10. The van der Waals surface area contributed by atoms with Crippen molar-refractivity contribution in [1.82, 2.24) is 0 Å². The molecule has 0 unspecified atom stereocenters. The molecule has 0 amide bonds. The van der Waals surface area contributed by atoms with Crippen LogP contribution in [0, 0.1) is 80.1 Å². The van der Waals surface area contributed by atoms with Crippen molar-refractivity contribution in [1.29, 1.82) is 0 Å². The fourth-order valence-corrected chi connectivity index (χ4v) is 13.8. The van der Waals surface area contributed by atoms with Gasteiger partial charge in [-0.2, -0.15) is 0 Å². The summed E-state index contributed by atoms with van der Waals surface area (Å²) in [6.45, 7) is 36.3. The first-order valence-electron chi connectivity index (χ1n) is 45.6. The third-order valence-electron chi connectivity index (χ3n) is 21.9. The standard InChI is InChI=1S/C15H22O.C14H20O.2C13H18O.C11H16O2.2C11H14O.C11H16O.C10H14O/c1-13-6-8-15(9-7-13)12-16-11-10-14-4-2-3-5-14;1-12-7-9-13(10-8-12)11-15-14-5-3-2-4-6-14;1-11-6-5-9-13(10-11)14-12-7-3-2-4-8-12;1-11-6-8-13(9-7-11)14-10-12-4-2-3-5-12;1-3-12-8-9-13-11-6-4-10(2)5-7-11;1-9-2-6-11(7-3-9)12-8-10-4-5-10;1-9-2-4-10(5-3-9)8-12-11-6-7-11;1-9(2)12-8-11-6-4-10(3)5-7-11;1-3-11-8-10-6-4-9(2)5-7-10/h6-9,14H,2-5,10-12H2,1H3;7-10,14H,2-6,11H2,1H3;5-6,9-10,12H,2-4,7-8H2,1H3;6-9,12H,2-5,10H2,1H3;4-7H,3,8-9H2,1-2H3;2-3,6-7,10H,4-5,8H2,1H3;2-5,11H,6-8H2,1H3;4-7,9H,8H2,1-3H3;4-7H,3,8H2,1-2H3. The first-order valence-corrected chi connectivity index (χ1v) is 45.6. The van der Waals surface area contributed by atoms with Crippen LogP contribution in [0.25, 0.3) is 0 Å². The topological polar surface area (TPSA) is 92.3 Å². The monoisotopic (exact) mass is 1620 g/mol. The Morgan fingerprint density at radius 3 is 0.983 bits per heavy atom. The quantitative estimate of drug-likeness (QED) is 0.0405. The van der Waals surface area contributed by atoms with Gasteiger partial charge in [-0.1, -0.05) is 279 Å². The summed E-state index contributed by atoms with van der Waals surface area (Å²) in [6, 6.07) is 75.6. The molecule has 0 aliphatic heterocycles. The lowest BCUT2D eigenvalue weighted by Gasteiger charge is -2.23. The molecule has 0 N–H and O–H groups in total. The highest BCUT2D eigenvalue weighted by Crippen LogP contribution is 2.32. The number of ether oxygens (including phenoxy) is 10. The first-order chi connectivity index (χ1) is 57.9. The zero-order valence-electron chi connectivity index (χ0n) is 75.7. The van der Waals surface area contributed by atoms with Crippen LogP contribution in [-0.4, -0.2) is 70.7 Å². The van der Waals surface area contributed by atoms with E-state index in [4.69, 9.17) is 47.4 Å². The lowest BCUT2D eigenvalue weighted by atomic mass is 9.98. The van der Waals surface area contributed by atoms with Crippen LogP contribution < -0.4 is 18.9 Å². The van der Waals surface area contributed by atoms with Crippen molar-refractivity contribution in [2.45, 2.75) is 295 Å².